The molecule has 1 atom stereocenters. The standard InChI is InChI=1S/C17H32N2O2/c1-3-18-15(16(20)21-2)7-12-19-13-10-17(11-14-19)8-5-4-6-9-17/h15,18H,3-14H2,1-2H3. The Bertz CT molecular complexity index is 317. The lowest BCUT2D eigenvalue weighted by Gasteiger charge is -2.44. The maximum atomic E-state index is 11.7. The van der Waals surface area contributed by atoms with E-state index in [1.807, 2.05) is 6.92 Å². The average Bonchev–Trinajstić information content (AvgIpc) is 2.53. The van der Waals surface area contributed by atoms with Gasteiger partial charge in [-0.1, -0.05) is 26.2 Å². The molecule has 0 aromatic heterocycles. The summed E-state index contributed by atoms with van der Waals surface area (Å²) in [5, 5.41) is 3.23. The number of rotatable bonds is 6. The first-order chi connectivity index (χ1) is 10.2. The summed E-state index contributed by atoms with van der Waals surface area (Å²) in [6, 6.07) is -0.148. The second kappa shape index (κ2) is 8.14. The van der Waals surface area contributed by atoms with Crippen molar-refractivity contribution in [3.8, 4) is 0 Å². The number of hydrogen-bond donors (Lipinski definition) is 1. The minimum Gasteiger partial charge on any atom is -0.468 e. The molecule has 2 rings (SSSR count). The van der Waals surface area contributed by atoms with Gasteiger partial charge in [-0.05, 0) is 57.2 Å². The van der Waals surface area contributed by atoms with Crippen LogP contribution in [0, 0.1) is 5.41 Å². The molecule has 0 radical (unpaired) electrons. The lowest BCUT2D eigenvalue weighted by Crippen LogP contribution is -2.44. The molecule has 4 heteroatoms. The van der Waals surface area contributed by atoms with Crippen LogP contribution in [0.3, 0.4) is 0 Å². The Morgan fingerprint density at radius 3 is 2.43 bits per heavy atom. The van der Waals surface area contributed by atoms with Crippen molar-refractivity contribution in [3.63, 3.8) is 0 Å². The van der Waals surface area contributed by atoms with Gasteiger partial charge in [0.2, 0.25) is 0 Å². The summed E-state index contributed by atoms with van der Waals surface area (Å²) < 4.78 is 4.87. The van der Waals surface area contributed by atoms with Gasteiger partial charge in [0.05, 0.1) is 7.11 Å². The zero-order valence-corrected chi connectivity index (χ0v) is 13.8. The summed E-state index contributed by atoms with van der Waals surface area (Å²) in [5.41, 5.74) is 0.665. The second-order valence-electron chi connectivity index (χ2n) is 6.82. The number of piperidine rings is 1. The molecule has 0 bridgehead atoms. The van der Waals surface area contributed by atoms with Crippen LogP contribution in [0.4, 0.5) is 0 Å². The lowest BCUT2D eigenvalue weighted by atomic mass is 9.68. The zero-order chi connectivity index (χ0) is 15.1. The van der Waals surface area contributed by atoms with Crippen molar-refractivity contribution in [3.05, 3.63) is 0 Å². The van der Waals surface area contributed by atoms with Crippen LogP contribution in [0.5, 0.6) is 0 Å². The van der Waals surface area contributed by atoms with Gasteiger partial charge in [0.15, 0.2) is 0 Å². The summed E-state index contributed by atoms with van der Waals surface area (Å²) in [7, 11) is 1.47. The SMILES string of the molecule is CCNC(CCN1CCC2(CCCCC2)CC1)C(=O)OC. The maximum Gasteiger partial charge on any atom is 0.322 e. The number of likely N-dealkylation sites (N-methyl/N-ethyl adjacent to an activating group) is 1. The Hall–Kier alpha value is -0.610. The molecule has 122 valence electrons. The number of carbonyl (C=O) groups is 1. The molecule has 1 saturated carbocycles. The average molecular weight is 296 g/mol. The summed E-state index contributed by atoms with van der Waals surface area (Å²) in [6.45, 7) is 6.26. The van der Waals surface area contributed by atoms with Crippen molar-refractivity contribution < 1.29 is 9.53 Å². The number of methoxy groups -OCH3 is 1. The van der Waals surface area contributed by atoms with E-state index < -0.39 is 0 Å². The van der Waals surface area contributed by atoms with Crippen LogP contribution in [0.1, 0.15) is 58.3 Å². The number of nitrogens with one attached hydrogen (secondary N) is 1. The molecule has 1 aliphatic heterocycles. The maximum absolute atomic E-state index is 11.7. The number of nitrogens with zero attached hydrogens (tertiary/aromatic N) is 1. The molecular weight excluding hydrogens is 264 g/mol. The highest BCUT2D eigenvalue weighted by Gasteiger charge is 2.35. The van der Waals surface area contributed by atoms with Gasteiger partial charge >= 0.3 is 5.97 Å². The molecular formula is C17H32N2O2. The minimum absolute atomic E-state index is 0.127. The Labute approximate surface area is 129 Å². The topological polar surface area (TPSA) is 41.6 Å². The first-order valence-electron chi connectivity index (χ1n) is 8.73. The van der Waals surface area contributed by atoms with E-state index in [0.29, 0.717) is 5.41 Å². The smallest absolute Gasteiger partial charge is 0.322 e. The lowest BCUT2D eigenvalue weighted by molar-refractivity contribution is -0.143. The molecule has 1 aliphatic carbocycles. The second-order valence-corrected chi connectivity index (χ2v) is 6.82. The minimum atomic E-state index is -0.148. The van der Waals surface area contributed by atoms with Gasteiger partial charge in [-0.15, -0.1) is 0 Å². The number of hydrogen-bond acceptors (Lipinski definition) is 4. The number of ether oxygens (including phenoxy) is 1. The molecule has 0 aromatic rings. The Balaban J connectivity index is 1.73. The predicted molar refractivity (Wildman–Crippen MR) is 85.3 cm³/mol. The fraction of sp³-hybridized carbons (Fsp3) is 0.941. The van der Waals surface area contributed by atoms with Crippen molar-refractivity contribution in [2.45, 2.75) is 64.3 Å². The summed E-state index contributed by atoms with van der Waals surface area (Å²) in [4.78, 5) is 14.2. The van der Waals surface area contributed by atoms with Gasteiger partial charge in [0, 0.05) is 6.54 Å². The molecule has 2 fully saturated rings. The van der Waals surface area contributed by atoms with Crippen molar-refractivity contribution in [1.82, 2.24) is 10.2 Å². The molecule has 1 saturated heterocycles. The van der Waals surface area contributed by atoms with E-state index in [9.17, 15) is 4.79 Å². The quantitative estimate of drug-likeness (QED) is 0.765. The summed E-state index contributed by atoms with van der Waals surface area (Å²) in [5.74, 6) is -0.127. The van der Waals surface area contributed by atoms with Gasteiger partial charge in [0.1, 0.15) is 6.04 Å². The summed E-state index contributed by atoms with van der Waals surface area (Å²) in [6.07, 6.45) is 10.8. The Morgan fingerprint density at radius 1 is 1.19 bits per heavy atom. The van der Waals surface area contributed by atoms with Crippen molar-refractivity contribution in [1.29, 1.82) is 0 Å². The van der Waals surface area contributed by atoms with E-state index in [2.05, 4.69) is 10.2 Å². The van der Waals surface area contributed by atoms with E-state index in [1.165, 1.54) is 65.1 Å². The Morgan fingerprint density at radius 2 is 1.86 bits per heavy atom. The van der Waals surface area contributed by atoms with E-state index in [1.54, 1.807) is 0 Å². The third-order valence-electron chi connectivity index (χ3n) is 5.50. The molecule has 0 aromatic carbocycles. The monoisotopic (exact) mass is 296 g/mol. The molecule has 1 spiro atoms. The highest BCUT2D eigenvalue weighted by molar-refractivity contribution is 5.75. The van der Waals surface area contributed by atoms with Gasteiger partial charge in [-0.25, -0.2) is 0 Å². The Kier molecular flexibility index (Phi) is 6.49. The van der Waals surface area contributed by atoms with Crippen LogP contribution in [0.25, 0.3) is 0 Å². The third-order valence-corrected chi connectivity index (χ3v) is 5.50. The van der Waals surface area contributed by atoms with Crippen LogP contribution in [0.2, 0.25) is 0 Å². The molecule has 1 N–H and O–H groups in total. The normalized spacial score (nSPS) is 23.9. The zero-order valence-electron chi connectivity index (χ0n) is 13.8. The highest BCUT2D eigenvalue weighted by Crippen LogP contribution is 2.44. The largest absolute Gasteiger partial charge is 0.468 e. The highest BCUT2D eigenvalue weighted by atomic mass is 16.5. The van der Waals surface area contributed by atoms with Crippen molar-refractivity contribution in [2.24, 2.45) is 5.41 Å². The summed E-state index contributed by atoms with van der Waals surface area (Å²) >= 11 is 0. The fourth-order valence-corrected chi connectivity index (χ4v) is 4.06. The van der Waals surface area contributed by atoms with Gasteiger partial charge in [-0.2, -0.15) is 0 Å². The van der Waals surface area contributed by atoms with Crippen LogP contribution in [-0.2, 0) is 9.53 Å². The van der Waals surface area contributed by atoms with Gasteiger partial charge < -0.3 is 15.0 Å². The number of likely N-dealkylation sites (tertiary alicyclic amines) is 1. The van der Waals surface area contributed by atoms with E-state index >= 15 is 0 Å². The van der Waals surface area contributed by atoms with E-state index in [-0.39, 0.29) is 12.0 Å². The van der Waals surface area contributed by atoms with Crippen LogP contribution in [-0.4, -0.2) is 50.2 Å². The molecule has 21 heavy (non-hydrogen) atoms. The predicted octanol–water partition coefficient (Wildman–Crippen LogP) is 2.57. The van der Waals surface area contributed by atoms with E-state index in [0.717, 1.165) is 19.5 Å². The fourth-order valence-electron chi connectivity index (χ4n) is 4.06. The van der Waals surface area contributed by atoms with Gasteiger partial charge in [0.25, 0.3) is 0 Å². The number of esters is 1. The van der Waals surface area contributed by atoms with Crippen molar-refractivity contribution >= 4 is 5.97 Å². The molecule has 0 amide bonds. The van der Waals surface area contributed by atoms with Crippen LogP contribution in [0.15, 0.2) is 0 Å². The van der Waals surface area contributed by atoms with E-state index in [4.69, 9.17) is 4.74 Å². The van der Waals surface area contributed by atoms with Crippen molar-refractivity contribution in [2.75, 3.05) is 33.3 Å². The molecule has 1 heterocycles. The van der Waals surface area contributed by atoms with Gasteiger partial charge in [-0.3, -0.25) is 4.79 Å². The third kappa shape index (κ3) is 4.68. The van der Waals surface area contributed by atoms with Crippen LogP contribution >= 0.6 is 0 Å². The molecule has 4 nitrogen and oxygen atoms in total. The first-order valence-corrected chi connectivity index (χ1v) is 8.73. The number of carbonyl (C=O) groups excluding carboxylic acids is 1. The molecule has 1 unspecified atom stereocenters. The first kappa shape index (κ1) is 16.8. The molecule has 2 aliphatic rings. The van der Waals surface area contributed by atoms with Crippen LogP contribution < -0.4 is 5.32 Å².